The lowest BCUT2D eigenvalue weighted by atomic mass is 10.4. The summed E-state index contributed by atoms with van der Waals surface area (Å²) >= 11 is 0. The summed E-state index contributed by atoms with van der Waals surface area (Å²) in [6.45, 7) is -0.864. The van der Waals surface area contributed by atoms with E-state index < -0.39 is 35.1 Å². The Bertz CT molecular complexity index is 569. The van der Waals surface area contributed by atoms with E-state index in [-0.39, 0.29) is 10.6 Å². The largest absolute Gasteiger partial charge is 0.477 e. The molecule has 1 atom stereocenters. The molecule has 0 amide bonds. The third-order valence-electron chi connectivity index (χ3n) is 2.28. The second kappa shape index (κ2) is 5.63. The number of aliphatic hydroxyl groups is 1. The average Bonchev–Trinajstić information content (AvgIpc) is 2.69. The fourth-order valence-electron chi connectivity index (χ4n) is 1.26. The number of carbonyl (C=O) groups is 1. The van der Waals surface area contributed by atoms with E-state index >= 15 is 0 Å². The summed E-state index contributed by atoms with van der Waals surface area (Å²) in [7, 11) is -2.82. The molecule has 10 heteroatoms. The van der Waals surface area contributed by atoms with Crippen molar-refractivity contribution in [2.45, 2.75) is 17.4 Å². The second-order valence-electron chi connectivity index (χ2n) is 3.73. The van der Waals surface area contributed by atoms with Crippen LogP contribution in [0.2, 0.25) is 0 Å². The number of carboxylic acids is 1. The van der Waals surface area contributed by atoms with Crippen LogP contribution in [-0.2, 0) is 17.1 Å². The van der Waals surface area contributed by atoms with Crippen molar-refractivity contribution in [1.82, 2.24) is 9.29 Å². The van der Waals surface area contributed by atoms with E-state index in [0.29, 0.717) is 0 Å². The highest BCUT2D eigenvalue weighted by atomic mass is 32.2. The number of hydrogen-bond donors (Lipinski definition) is 3. The number of rotatable bonds is 6. The molecule has 3 N–H and O–H groups in total. The van der Waals surface area contributed by atoms with Crippen LogP contribution in [0.5, 0.6) is 0 Å². The number of nitrogens with zero attached hydrogens (tertiary/aromatic N) is 1. The van der Waals surface area contributed by atoms with E-state index in [1.54, 1.807) is 4.72 Å². The summed E-state index contributed by atoms with van der Waals surface area (Å²) in [5.41, 5.74) is -0.269. The number of alkyl halides is 2. The van der Waals surface area contributed by atoms with Crippen LogP contribution in [0, 0.1) is 0 Å². The van der Waals surface area contributed by atoms with Crippen LogP contribution in [0.15, 0.2) is 17.2 Å². The van der Waals surface area contributed by atoms with Gasteiger partial charge in [-0.3, -0.25) is 0 Å². The molecule has 1 aromatic heterocycles. The minimum atomic E-state index is -4.15. The fraction of sp³-hybridized carbons (Fsp3) is 0.444. The lowest BCUT2D eigenvalue weighted by Gasteiger charge is -2.10. The molecule has 0 spiro atoms. The van der Waals surface area contributed by atoms with Crippen molar-refractivity contribution in [3.8, 4) is 0 Å². The highest BCUT2D eigenvalue weighted by Gasteiger charge is 2.23. The van der Waals surface area contributed by atoms with E-state index in [1.807, 2.05) is 0 Å². The van der Waals surface area contributed by atoms with E-state index in [1.165, 1.54) is 7.05 Å². The molecule has 7 nitrogen and oxygen atoms in total. The van der Waals surface area contributed by atoms with Crippen molar-refractivity contribution >= 4 is 16.0 Å². The quantitative estimate of drug-likeness (QED) is 0.664. The first kappa shape index (κ1) is 15.5. The topological polar surface area (TPSA) is 109 Å². The molecule has 0 saturated carbocycles. The van der Waals surface area contributed by atoms with Gasteiger partial charge in [0.1, 0.15) is 16.7 Å². The summed E-state index contributed by atoms with van der Waals surface area (Å²) in [4.78, 5) is 10.4. The Hall–Kier alpha value is -1.52. The molecule has 0 saturated heterocycles. The molecule has 0 bridgehead atoms. The van der Waals surface area contributed by atoms with Gasteiger partial charge in [-0.15, -0.1) is 0 Å². The van der Waals surface area contributed by atoms with E-state index in [2.05, 4.69) is 0 Å². The highest BCUT2D eigenvalue weighted by molar-refractivity contribution is 7.89. The Morgan fingerprint density at radius 1 is 1.53 bits per heavy atom. The monoisotopic (exact) mass is 298 g/mol. The number of aromatic carboxylic acids is 1. The number of carboxylic acid groups (broad SMARTS) is 1. The molecular weight excluding hydrogens is 286 g/mol. The third-order valence-corrected chi connectivity index (χ3v) is 3.67. The first-order valence-corrected chi connectivity index (χ1v) is 6.49. The maximum Gasteiger partial charge on any atom is 0.352 e. The Labute approximate surface area is 107 Å². The molecular formula is C9H12F2N2O5S. The highest BCUT2D eigenvalue weighted by Crippen LogP contribution is 2.13. The van der Waals surface area contributed by atoms with Crippen LogP contribution in [0.1, 0.15) is 10.5 Å². The number of aliphatic hydroxyl groups excluding tert-OH is 1. The summed E-state index contributed by atoms with van der Waals surface area (Å²) in [6.07, 6.45) is -4.17. The number of halogens is 2. The van der Waals surface area contributed by atoms with E-state index in [0.717, 1.165) is 16.8 Å². The lowest BCUT2D eigenvalue weighted by molar-refractivity contribution is -0.000452. The number of hydrogen-bond acceptors (Lipinski definition) is 4. The smallest absolute Gasteiger partial charge is 0.352 e. The van der Waals surface area contributed by atoms with Gasteiger partial charge in [0, 0.05) is 19.8 Å². The third kappa shape index (κ3) is 3.72. The van der Waals surface area contributed by atoms with E-state index in [9.17, 15) is 22.0 Å². The van der Waals surface area contributed by atoms with Gasteiger partial charge in [-0.2, -0.15) is 0 Å². The SMILES string of the molecule is Cn1cc(S(=O)(=O)NCC(O)C(F)F)cc1C(=O)O. The molecule has 19 heavy (non-hydrogen) atoms. The zero-order chi connectivity index (χ0) is 14.8. The molecule has 0 radical (unpaired) electrons. The minimum absolute atomic E-state index is 0.269. The first-order valence-electron chi connectivity index (χ1n) is 5.00. The Balaban J connectivity index is 2.89. The minimum Gasteiger partial charge on any atom is -0.477 e. The predicted octanol–water partition coefficient (Wildman–Crippen LogP) is -0.372. The van der Waals surface area contributed by atoms with Crippen molar-refractivity contribution in [3.05, 3.63) is 18.0 Å². The lowest BCUT2D eigenvalue weighted by Crippen LogP contribution is -2.35. The maximum absolute atomic E-state index is 12.0. The zero-order valence-corrected chi connectivity index (χ0v) is 10.6. The van der Waals surface area contributed by atoms with Crippen molar-refractivity contribution in [3.63, 3.8) is 0 Å². The molecule has 0 fully saturated rings. The van der Waals surface area contributed by atoms with Crippen LogP contribution in [-0.4, -0.2) is 48.2 Å². The summed E-state index contributed by atoms with van der Waals surface area (Å²) in [5.74, 6) is -1.32. The Morgan fingerprint density at radius 2 is 2.11 bits per heavy atom. The average molecular weight is 298 g/mol. The predicted molar refractivity (Wildman–Crippen MR) is 59.6 cm³/mol. The summed E-state index contributed by atoms with van der Waals surface area (Å²) in [6, 6.07) is 0.888. The molecule has 1 rings (SSSR count). The summed E-state index contributed by atoms with van der Waals surface area (Å²) in [5, 5.41) is 17.6. The van der Waals surface area contributed by atoms with Gasteiger partial charge in [-0.05, 0) is 6.07 Å². The van der Waals surface area contributed by atoms with Crippen LogP contribution in [0.25, 0.3) is 0 Å². The number of sulfonamides is 1. The fourth-order valence-corrected chi connectivity index (χ4v) is 2.38. The van der Waals surface area contributed by atoms with Crippen LogP contribution in [0.4, 0.5) is 8.78 Å². The number of aryl methyl sites for hydroxylation is 1. The Kier molecular flexibility index (Phi) is 4.61. The number of aromatic nitrogens is 1. The molecule has 108 valence electrons. The van der Waals surface area contributed by atoms with Crippen LogP contribution in [0.3, 0.4) is 0 Å². The molecule has 0 aliphatic rings. The number of nitrogens with one attached hydrogen (secondary N) is 1. The maximum atomic E-state index is 12.0. The van der Waals surface area contributed by atoms with Crippen molar-refractivity contribution in [2.24, 2.45) is 7.05 Å². The van der Waals surface area contributed by atoms with Gasteiger partial charge in [0.15, 0.2) is 0 Å². The van der Waals surface area contributed by atoms with Gasteiger partial charge in [-0.1, -0.05) is 0 Å². The molecule has 1 heterocycles. The van der Waals surface area contributed by atoms with Gasteiger partial charge in [-0.25, -0.2) is 26.7 Å². The normalized spacial score (nSPS) is 13.7. The second-order valence-corrected chi connectivity index (χ2v) is 5.50. The first-order chi connectivity index (χ1) is 8.65. The molecule has 0 aliphatic heterocycles. The van der Waals surface area contributed by atoms with Crippen molar-refractivity contribution < 1.29 is 32.2 Å². The molecule has 1 aromatic rings. The van der Waals surface area contributed by atoms with Crippen molar-refractivity contribution in [1.29, 1.82) is 0 Å². The van der Waals surface area contributed by atoms with Crippen molar-refractivity contribution in [2.75, 3.05) is 6.54 Å². The van der Waals surface area contributed by atoms with Gasteiger partial charge in [0.05, 0.1) is 0 Å². The summed E-state index contributed by atoms with van der Waals surface area (Å²) < 4.78 is 50.2. The van der Waals surface area contributed by atoms with Gasteiger partial charge in [0.25, 0.3) is 6.43 Å². The standard InChI is InChI=1S/C9H12F2N2O5S/c1-13-4-5(2-6(13)9(15)16)19(17,18)12-3-7(14)8(10)11/h2,4,7-8,12,14H,3H2,1H3,(H,15,16). The van der Waals surface area contributed by atoms with Gasteiger partial charge < -0.3 is 14.8 Å². The Morgan fingerprint density at radius 3 is 2.53 bits per heavy atom. The van der Waals surface area contributed by atoms with Gasteiger partial charge in [0.2, 0.25) is 10.0 Å². The zero-order valence-electron chi connectivity index (χ0n) is 9.75. The molecule has 0 aliphatic carbocycles. The van der Waals surface area contributed by atoms with E-state index in [4.69, 9.17) is 10.2 Å². The van der Waals surface area contributed by atoms with Gasteiger partial charge >= 0.3 is 5.97 Å². The molecule has 0 aromatic carbocycles. The molecule has 1 unspecified atom stereocenters. The van der Waals surface area contributed by atoms with Crippen LogP contribution < -0.4 is 4.72 Å². The van der Waals surface area contributed by atoms with Crippen LogP contribution >= 0.6 is 0 Å².